The van der Waals surface area contributed by atoms with Gasteiger partial charge in [-0.1, -0.05) is 0 Å². The van der Waals surface area contributed by atoms with Crippen LogP contribution in [0.2, 0.25) is 0 Å². The van der Waals surface area contributed by atoms with Crippen molar-refractivity contribution in [1.29, 1.82) is 0 Å². The van der Waals surface area contributed by atoms with Crippen molar-refractivity contribution in [3.8, 4) is 0 Å². The lowest BCUT2D eigenvalue weighted by Gasteiger charge is -2.11. The molecule has 2 rings (SSSR count). The van der Waals surface area contributed by atoms with Crippen LogP contribution in [-0.2, 0) is 6.54 Å². The van der Waals surface area contributed by atoms with Crippen molar-refractivity contribution in [3.63, 3.8) is 0 Å². The van der Waals surface area contributed by atoms with Gasteiger partial charge >= 0.3 is 0 Å². The van der Waals surface area contributed by atoms with Crippen LogP contribution in [0.4, 0.5) is 11.4 Å². The van der Waals surface area contributed by atoms with E-state index in [9.17, 15) is 14.9 Å². The molecule has 1 aromatic heterocycles. The molecular formula is C13H13N3O3. The van der Waals surface area contributed by atoms with Crippen LogP contribution in [0.25, 0.3) is 0 Å². The number of rotatable bonds is 4. The smallest absolute Gasteiger partial charge is 0.269 e. The number of nitrogens with zero attached hydrogens (tertiary/aromatic N) is 2. The lowest BCUT2D eigenvalue weighted by Crippen LogP contribution is -2.07. The fourth-order valence-electron chi connectivity index (χ4n) is 1.81. The van der Waals surface area contributed by atoms with Gasteiger partial charge in [-0.15, -0.1) is 0 Å². The summed E-state index contributed by atoms with van der Waals surface area (Å²) in [6, 6.07) is 7.58. The Kier molecular flexibility index (Phi) is 3.61. The van der Waals surface area contributed by atoms with Gasteiger partial charge in [0.2, 0.25) is 0 Å². The highest BCUT2D eigenvalue weighted by atomic mass is 16.6. The first-order valence-corrected chi connectivity index (χ1v) is 5.71. The fourth-order valence-corrected chi connectivity index (χ4v) is 1.81. The molecule has 0 spiro atoms. The summed E-state index contributed by atoms with van der Waals surface area (Å²) in [7, 11) is 1.76. The minimum absolute atomic E-state index is 0.0510. The summed E-state index contributed by atoms with van der Waals surface area (Å²) in [5, 5.41) is 13.8. The zero-order valence-electron chi connectivity index (χ0n) is 10.4. The van der Waals surface area contributed by atoms with Gasteiger partial charge < -0.3 is 9.88 Å². The quantitative estimate of drug-likeness (QED) is 0.671. The van der Waals surface area contributed by atoms with Crippen LogP contribution in [0.3, 0.4) is 0 Å². The fraction of sp³-hybridized carbons (Fsp3) is 0.154. The average Bonchev–Trinajstić information content (AvgIpc) is 2.41. The van der Waals surface area contributed by atoms with Crippen molar-refractivity contribution in [2.24, 2.45) is 0 Å². The maximum Gasteiger partial charge on any atom is 0.269 e. The van der Waals surface area contributed by atoms with Gasteiger partial charge in [-0.2, -0.15) is 0 Å². The van der Waals surface area contributed by atoms with E-state index in [4.69, 9.17) is 0 Å². The second kappa shape index (κ2) is 5.34. The normalized spacial score (nSPS) is 10.2. The number of benzene rings is 1. The Balaban J connectivity index is 2.36. The van der Waals surface area contributed by atoms with Gasteiger partial charge in [-0.25, -0.2) is 0 Å². The van der Waals surface area contributed by atoms with Gasteiger partial charge in [0.15, 0.2) is 5.43 Å². The molecule has 0 fully saturated rings. The molecule has 0 aliphatic rings. The molecule has 2 aromatic rings. The second-order valence-electron chi connectivity index (χ2n) is 4.05. The van der Waals surface area contributed by atoms with E-state index in [0.29, 0.717) is 6.54 Å². The lowest BCUT2D eigenvalue weighted by molar-refractivity contribution is -0.384. The number of anilines is 1. The third-order valence-electron chi connectivity index (χ3n) is 2.78. The number of aromatic nitrogens is 1. The number of pyridine rings is 1. The van der Waals surface area contributed by atoms with Crippen molar-refractivity contribution >= 4 is 11.4 Å². The van der Waals surface area contributed by atoms with Crippen LogP contribution < -0.4 is 10.7 Å². The monoisotopic (exact) mass is 259 g/mol. The van der Waals surface area contributed by atoms with E-state index in [1.165, 1.54) is 24.3 Å². The molecule has 0 amide bonds. The van der Waals surface area contributed by atoms with Crippen molar-refractivity contribution in [2.45, 2.75) is 6.54 Å². The molecule has 1 N–H and O–H groups in total. The van der Waals surface area contributed by atoms with Crippen LogP contribution in [0, 0.1) is 10.1 Å². The Labute approximate surface area is 109 Å². The third kappa shape index (κ3) is 2.98. The van der Waals surface area contributed by atoms with Gasteiger partial charge in [0.25, 0.3) is 5.69 Å². The number of hydrogen-bond donors (Lipinski definition) is 1. The lowest BCUT2D eigenvalue weighted by atomic mass is 10.1. The van der Waals surface area contributed by atoms with E-state index in [0.717, 1.165) is 11.3 Å². The highest BCUT2D eigenvalue weighted by molar-refractivity contribution is 5.55. The summed E-state index contributed by atoms with van der Waals surface area (Å²) in [4.78, 5) is 21.4. The molecule has 1 aromatic carbocycles. The zero-order chi connectivity index (χ0) is 13.8. The molecule has 0 bridgehead atoms. The molecule has 6 nitrogen and oxygen atoms in total. The highest BCUT2D eigenvalue weighted by Gasteiger charge is 2.10. The SMILES string of the molecule is CNc1ccc([N+](=O)[O-])cc1Cn1ccc(=O)cc1. The molecular weight excluding hydrogens is 246 g/mol. The van der Waals surface area contributed by atoms with E-state index in [1.54, 1.807) is 30.1 Å². The zero-order valence-corrected chi connectivity index (χ0v) is 10.4. The maximum atomic E-state index is 11.0. The van der Waals surface area contributed by atoms with E-state index >= 15 is 0 Å². The molecule has 1 heterocycles. The Morgan fingerprint density at radius 2 is 1.95 bits per heavy atom. The Morgan fingerprint density at radius 3 is 2.53 bits per heavy atom. The standard InChI is InChI=1S/C13H13N3O3/c1-14-13-3-2-11(16(18)19)8-10(13)9-15-6-4-12(17)5-7-15/h2-8,14H,9H2,1H3. The molecule has 0 unspecified atom stereocenters. The minimum atomic E-state index is -0.422. The summed E-state index contributed by atoms with van der Waals surface area (Å²) in [5.74, 6) is 0. The van der Waals surface area contributed by atoms with Crippen molar-refractivity contribution < 1.29 is 4.92 Å². The largest absolute Gasteiger partial charge is 0.388 e. The maximum absolute atomic E-state index is 11.0. The summed E-state index contributed by atoms with van der Waals surface area (Å²) in [5.41, 5.74) is 1.60. The van der Waals surface area contributed by atoms with Crippen LogP contribution in [0.1, 0.15) is 5.56 Å². The van der Waals surface area contributed by atoms with Crippen LogP contribution >= 0.6 is 0 Å². The van der Waals surface area contributed by atoms with Crippen LogP contribution in [0.15, 0.2) is 47.5 Å². The number of nitro groups is 1. The van der Waals surface area contributed by atoms with Gasteiger partial charge in [0.05, 0.1) is 4.92 Å². The number of nitro benzene ring substituents is 1. The summed E-state index contributed by atoms with van der Waals surface area (Å²) in [6.07, 6.45) is 3.31. The van der Waals surface area contributed by atoms with E-state index in [2.05, 4.69) is 5.32 Å². The number of non-ortho nitro benzene ring substituents is 1. The summed E-state index contributed by atoms with van der Waals surface area (Å²) in [6.45, 7) is 0.456. The third-order valence-corrected chi connectivity index (χ3v) is 2.78. The molecule has 0 atom stereocenters. The minimum Gasteiger partial charge on any atom is -0.388 e. The highest BCUT2D eigenvalue weighted by Crippen LogP contribution is 2.22. The number of hydrogen-bond acceptors (Lipinski definition) is 4. The average molecular weight is 259 g/mol. The first-order chi connectivity index (χ1) is 9.10. The van der Waals surface area contributed by atoms with Gasteiger partial charge in [0.1, 0.15) is 0 Å². The molecule has 98 valence electrons. The van der Waals surface area contributed by atoms with Crippen molar-refractivity contribution in [3.05, 3.63) is 68.6 Å². The molecule has 6 heteroatoms. The summed E-state index contributed by atoms with van der Waals surface area (Å²) >= 11 is 0. The molecule has 0 aliphatic heterocycles. The predicted molar refractivity (Wildman–Crippen MR) is 72.4 cm³/mol. The predicted octanol–water partition coefficient (Wildman–Crippen LogP) is 1.85. The number of nitrogens with one attached hydrogen (secondary N) is 1. The van der Waals surface area contributed by atoms with E-state index in [-0.39, 0.29) is 11.1 Å². The molecule has 0 radical (unpaired) electrons. The van der Waals surface area contributed by atoms with Gasteiger partial charge in [-0.3, -0.25) is 14.9 Å². The first-order valence-electron chi connectivity index (χ1n) is 5.71. The molecule has 0 saturated heterocycles. The van der Waals surface area contributed by atoms with Crippen molar-refractivity contribution in [2.75, 3.05) is 12.4 Å². The Bertz CT molecular complexity index is 644. The first kappa shape index (κ1) is 12.8. The van der Waals surface area contributed by atoms with Gasteiger partial charge in [0, 0.05) is 61.5 Å². The van der Waals surface area contributed by atoms with Crippen molar-refractivity contribution in [1.82, 2.24) is 4.57 Å². The molecule has 0 saturated carbocycles. The second-order valence-corrected chi connectivity index (χ2v) is 4.05. The summed E-state index contributed by atoms with van der Waals surface area (Å²) < 4.78 is 1.79. The Morgan fingerprint density at radius 1 is 1.26 bits per heavy atom. The molecule has 0 aliphatic carbocycles. The topological polar surface area (TPSA) is 77.2 Å². The van der Waals surface area contributed by atoms with Gasteiger partial charge in [-0.05, 0) is 6.07 Å². The van der Waals surface area contributed by atoms with E-state index < -0.39 is 4.92 Å². The van der Waals surface area contributed by atoms with Crippen LogP contribution in [-0.4, -0.2) is 16.5 Å². The van der Waals surface area contributed by atoms with E-state index in [1.807, 2.05) is 0 Å². The molecule has 19 heavy (non-hydrogen) atoms. The Hall–Kier alpha value is -2.63. The van der Waals surface area contributed by atoms with Crippen LogP contribution in [0.5, 0.6) is 0 Å².